The third kappa shape index (κ3) is 4.02. The van der Waals surface area contributed by atoms with E-state index in [0.29, 0.717) is 35.9 Å². The van der Waals surface area contributed by atoms with E-state index in [2.05, 4.69) is 0 Å². The predicted molar refractivity (Wildman–Crippen MR) is 109 cm³/mol. The first-order valence-electron chi connectivity index (χ1n) is 9.08. The number of aliphatic hydroxyl groups excluding tert-OH is 1. The Hall–Kier alpha value is -2.77. The van der Waals surface area contributed by atoms with Crippen molar-refractivity contribution in [2.75, 3.05) is 34.3 Å². The molecule has 29 heavy (non-hydrogen) atoms. The maximum Gasteiger partial charge on any atom is 0.295 e. The van der Waals surface area contributed by atoms with Gasteiger partial charge in [-0.05, 0) is 51.4 Å². The quantitative estimate of drug-likeness (QED) is 0.440. The molecule has 8 heteroatoms. The summed E-state index contributed by atoms with van der Waals surface area (Å²) in [5.41, 5.74) is 0.291. The molecule has 1 aliphatic rings. The lowest BCUT2D eigenvalue weighted by Gasteiger charge is -2.24. The minimum absolute atomic E-state index is 0.0238. The minimum Gasteiger partial charge on any atom is -0.507 e. The lowest BCUT2D eigenvalue weighted by molar-refractivity contribution is -0.140. The van der Waals surface area contributed by atoms with E-state index < -0.39 is 17.7 Å². The summed E-state index contributed by atoms with van der Waals surface area (Å²) >= 11 is 6.17. The van der Waals surface area contributed by atoms with Crippen LogP contribution >= 0.6 is 11.6 Å². The average Bonchev–Trinajstić information content (AvgIpc) is 3.21. The number of carbonyl (C=O) groups excluding carboxylic acids is 2. The number of ketones is 1. The summed E-state index contributed by atoms with van der Waals surface area (Å²) < 4.78 is 10.9. The van der Waals surface area contributed by atoms with Gasteiger partial charge in [0.2, 0.25) is 0 Å². The first kappa shape index (κ1) is 21.0. The number of aryl methyl sites for hydroxylation is 1. The van der Waals surface area contributed by atoms with Crippen LogP contribution in [0.25, 0.3) is 5.76 Å². The van der Waals surface area contributed by atoms with E-state index in [9.17, 15) is 14.7 Å². The van der Waals surface area contributed by atoms with E-state index >= 15 is 0 Å². The molecule has 1 saturated heterocycles. The monoisotopic (exact) mass is 418 g/mol. The Labute approximate surface area is 174 Å². The molecular formula is C21H23ClN2O5. The first-order chi connectivity index (χ1) is 13.7. The van der Waals surface area contributed by atoms with E-state index in [4.69, 9.17) is 20.8 Å². The Morgan fingerprint density at radius 3 is 2.55 bits per heavy atom. The van der Waals surface area contributed by atoms with E-state index in [0.717, 1.165) is 0 Å². The van der Waals surface area contributed by atoms with Crippen molar-refractivity contribution in [2.24, 2.45) is 0 Å². The van der Waals surface area contributed by atoms with Gasteiger partial charge in [0, 0.05) is 18.7 Å². The molecule has 2 heterocycles. The Balaban J connectivity index is 2.13. The standard InChI is InChI=1S/C21H23ClN2O5/c1-12-5-7-16(29-12)18-17(20(26)21(27)24(18)10-9-23(2)3)19(25)13-6-8-15(28-4)14(22)11-13/h5-8,11,18,25H,9-10H2,1-4H3/b19-17+/t18-/m0/s1. The highest BCUT2D eigenvalue weighted by atomic mass is 35.5. The van der Waals surface area contributed by atoms with Crippen molar-refractivity contribution in [1.82, 2.24) is 9.80 Å². The molecule has 0 aliphatic carbocycles. The van der Waals surface area contributed by atoms with Crippen molar-refractivity contribution in [3.8, 4) is 5.75 Å². The van der Waals surface area contributed by atoms with Crippen molar-refractivity contribution >= 4 is 29.1 Å². The van der Waals surface area contributed by atoms with Crippen molar-refractivity contribution in [2.45, 2.75) is 13.0 Å². The number of hydrogen-bond acceptors (Lipinski definition) is 6. The molecule has 1 N–H and O–H groups in total. The van der Waals surface area contributed by atoms with Gasteiger partial charge in [0.05, 0.1) is 17.7 Å². The third-order valence-corrected chi connectivity index (χ3v) is 5.08. The summed E-state index contributed by atoms with van der Waals surface area (Å²) in [4.78, 5) is 28.9. The second-order valence-corrected chi connectivity index (χ2v) is 7.50. The number of methoxy groups -OCH3 is 1. The number of Topliss-reactive ketones (excluding diaryl/α,β-unsaturated/α-hetero) is 1. The fourth-order valence-electron chi connectivity index (χ4n) is 3.28. The Morgan fingerprint density at radius 2 is 2.00 bits per heavy atom. The molecule has 0 bridgehead atoms. The summed E-state index contributed by atoms with van der Waals surface area (Å²) in [5.74, 6) is -0.237. The van der Waals surface area contributed by atoms with Gasteiger partial charge in [0.25, 0.3) is 11.7 Å². The predicted octanol–water partition coefficient (Wildman–Crippen LogP) is 3.23. The molecule has 0 saturated carbocycles. The van der Waals surface area contributed by atoms with Crippen LogP contribution in [0.1, 0.15) is 23.1 Å². The van der Waals surface area contributed by atoms with Gasteiger partial charge in [-0.15, -0.1) is 0 Å². The number of amides is 1. The number of rotatable bonds is 6. The van der Waals surface area contributed by atoms with Crippen LogP contribution in [0.5, 0.6) is 5.75 Å². The summed E-state index contributed by atoms with van der Waals surface area (Å²) in [6, 6.07) is 7.31. The second-order valence-electron chi connectivity index (χ2n) is 7.09. The maximum absolute atomic E-state index is 12.9. The minimum atomic E-state index is -0.815. The highest BCUT2D eigenvalue weighted by molar-refractivity contribution is 6.46. The zero-order valence-corrected chi connectivity index (χ0v) is 17.5. The van der Waals surface area contributed by atoms with E-state index in [1.807, 2.05) is 19.0 Å². The molecule has 154 valence electrons. The number of carbonyl (C=O) groups is 2. The van der Waals surface area contributed by atoms with E-state index in [-0.39, 0.29) is 16.4 Å². The molecule has 3 rings (SSSR count). The number of aliphatic hydroxyl groups is 1. The van der Waals surface area contributed by atoms with E-state index in [1.165, 1.54) is 18.1 Å². The van der Waals surface area contributed by atoms with Crippen LogP contribution < -0.4 is 4.74 Å². The van der Waals surface area contributed by atoms with Crippen LogP contribution in [0, 0.1) is 6.92 Å². The van der Waals surface area contributed by atoms with Gasteiger partial charge >= 0.3 is 0 Å². The number of halogens is 1. The van der Waals surface area contributed by atoms with Crippen molar-refractivity contribution in [1.29, 1.82) is 0 Å². The van der Waals surface area contributed by atoms with E-state index in [1.54, 1.807) is 31.2 Å². The topological polar surface area (TPSA) is 83.2 Å². The Morgan fingerprint density at radius 1 is 1.28 bits per heavy atom. The number of hydrogen-bond donors (Lipinski definition) is 1. The van der Waals surface area contributed by atoms with Crippen LogP contribution in [0.15, 0.2) is 40.3 Å². The van der Waals surface area contributed by atoms with Crippen LogP contribution in [0.4, 0.5) is 0 Å². The summed E-state index contributed by atoms with van der Waals surface area (Å²) in [6.07, 6.45) is 0. The fraction of sp³-hybridized carbons (Fsp3) is 0.333. The van der Waals surface area contributed by atoms with Gasteiger partial charge in [0.1, 0.15) is 29.1 Å². The largest absolute Gasteiger partial charge is 0.507 e. The molecule has 1 aromatic carbocycles. The number of benzene rings is 1. The van der Waals surface area contributed by atoms with Crippen LogP contribution in [0.2, 0.25) is 5.02 Å². The highest BCUT2D eigenvalue weighted by Gasteiger charge is 2.47. The van der Waals surface area contributed by atoms with Gasteiger partial charge in [-0.25, -0.2) is 0 Å². The molecule has 0 spiro atoms. The number of likely N-dealkylation sites (tertiary alicyclic amines) is 1. The van der Waals surface area contributed by atoms with Gasteiger partial charge in [-0.1, -0.05) is 11.6 Å². The fourth-order valence-corrected chi connectivity index (χ4v) is 3.54. The molecule has 0 radical (unpaired) electrons. The Kier molecular flexibility index (Phi) is 6.00. The molecular weight excluding hydrogens is 396 g/mol. The molecule has 1 fully saturated rings. The smallest absolute Gasteiger partial charge is 0.295 e. The average molecular weight is 419 g/mol. The summed E-state index contributed by atoms with van der Waals surface area (Å²) in [6.45, 7) is 2.64. The summed E-state index contributed by atoms with van der Waals surface area (Å²) in [7, 11) is 5.24. The lowest BCUT2D eigenvalue weighted by atomic mass is 9.99. The number of nitrogens with zero attached hydrogens (tertiary/aromatic N) is 2. The number of furan rings is 1. The molecule has 2 aromatic rings. The number of ether oxygens (including phenoxy) is 1. The molecule has 7 nitrogen and oxygen atoms in total. The van der Waals surface area contributed by atoms with Crippen LogP contribution in [-0.4, -0.2) is 60.9 Å². The molecule has 1 amide bonds. The lowest BCUT2D eigenvalue weighted by Crippen LogP contribution is -2.35. The molecule has 0 unspecified atom stereocenters. The molecule has 1 aromatic heterocycles. The van der Waals surface area contributed by atoms with Crippen molar-refractivity contribution in [3.63, 3.8) is 0 Å². The SMILES string of the molecule is COc1ccc(/C(O)=C2\C(=O)C(=O)N(CCN(C)C)[C@H]2c2ccc(C)o2)cc1Cl. The third-order valence-electron chi connectivity index (χ3n) is 4.78. The van der Waals surface area contributed by atoms with Crippen molar-refractivity contribution in [3.05, 3.63) is 58.0 Å². The highest BCUT2D eigenvalue weighted by Crippen LogP contribution is 2.40. The normalized spacial score (nSPS) is 18.7. The first-order valence-corrected chi connectivity index (χ1v) is 9.45. The van der Waals surface area contributed by atoms with Crippen LogP contribution in [0.3, 0.4) is 0 Å². The van der Waals surface area contributed by atoms with Crippen LogP contribution in [-0.2, 0) is 9.59 Å². The zero-order chi connectivity index (χ0) is 21.3. The molecule has 1 aliphatic heterocycles. The summed E-state index contributed by atoms with van der Waals surface area (Å²) in [5, 5.41) is 11.2. The van der Waals surface area contributed by atoms with Gasteiger partial charge in [-0.3, -0.25) is 9.59 Å². The van der Waals surface area contributed by atoms with Gasteiger partial charge < -0.3 is 24.1 Å². The Bertz CT molecular complexity index is 979. The number of likely N-dealkylation sites (N-methyl/N-ethyl adjacent to an activating group) is 1. The molecule has 1 atom stereocenters. The second kappa shape index (κ2) is 8.31. The van der Waals surface area contributed by atoms with Gasteiger partial charge in [0.15, 0.2) is 0 Å². The van der Waals surface area contributed by atoms with Gasteiger partial charge in [-0.2, -0.15) is 0 Å². The van der Waals surface area contributed by atoms with Crippen molar-refractivity contribution < 1.29 is 23.8 Å². The maximum atomic E-state index is 12.9. The zero-order valence-electron chi connectivity index (χ0n) is 16.7.